The molecular weight excluding hydrogens is 358 g/mol. The summed E-state index contributed by atoms with van der Waals surface area (Å²) in [5.41, 5.74) is 2.64. The van der Waals surface area contributed by atoms with Gasteiger partial charge in [0.05, 0.1) is 22.5 Å². The van der Waals surface area contributed by atoms with Crippen molar-refractivity contribution < 1.29 is 19.4 Å². The molecule has 2 atom stereocenters. The van der Waals surface area contributed by atoms with Gasteiger partial charge in [0.1, 0.15) is 5.69 Å². The van der Waals surface area contributed by atoms with Crippen molar-refractivity contribution in [2.24, 2.45) is 11.0 Å². The highest BCUT2D eigenvalue weighted by Crippen LogP contribution is 2.29. The maximum absolute atomic E-state index is 12.0. The van der Waals surface area contributed by atoms with Crippen LogP contribution in [0.5, 0.6) is 0 Å². The normalized spacial score (nSPS) is 21.0. The highest BCUT2D eigenvalue weighted by molar-refractivity contribution is 5.90. The molecule has 146 valence electrons. The summed E-state index contributed by atoms with van der Waals surface area (Å²) < 4.78 is 5.04. The molecule has 0 spiro atoms. The van der Waals surface area contributed by atoms with Crippen molar-refractivity contribution in [1.29, 1.82) is 0 Å². The maximum Gasteiger partial charge on any atom is 0.410 e. The van der Waals surface area contributed by atoms with Crippen LogP contribution in [0.3, 0.4) is 0 Å². The molecule has 1 N–H and O–H groups in total. The summed E-state index contributed by atoms with van der Waals surface area (Å²) in [6.07, 6.45) is 0.100. The SMILES string of the molecule is CCOC(=O)N1C[C@H](C)/C(=N/Nc2ccc([N+](=O)[O-])cc2[N+](=O)[O-])C[C@@H]1C. The molecule has 27 heavy (non-hydrogen) atoms. The lowest BCUT2D eigenvalue weighted by atomic mass is 9.93. The van der Waals surface area contributed by atoms with E-state index in [-0.39, 0.29) is 29.4 Å². The zero-order chi connectivity index (χ0) is 20.1. The van der Waals surface area contributed by atoms with E-state index in [0.717, 1.165) is 11.8 Å². The molecule has 0 unspecified atom stereocenters. The lowest BCUT2D eigenvalue weighted by Crippen LogP contribution is -2.49. The lowest BCUT2D eigenvalue weighted by Gasteiger charge is -2.36. The Balaban J connectivity index is 2.17. The first-order valence-corrected chi connectivity index (χ1v) is 8.43. The Bertz CT molecular complexity index is 781. The molecule has 1 aliphatic rings. The van der Waals surface area contributed by atoms with E-state index in [2.05, 4.69) is 10.5 Å². The number of anilines is 1. The maximum atomic E-state index is 12.0. The Morgan fingerprint density at radius 1 is 1.33 bits per heavy atom. The van der Waals surface area contributed by atoms with Gasteiger partial charge in [0.2, 0.25) is 0 Å². The van der Waals surface area contributed by atoms with E-state index in [1.807, 2.05) is 13.8 Å². The first-order chi connectivity index (χ1) is 12.7. The van der Waals surface area contributed by atoms with E-state index in [4.69, 9.17) is 4.74 Å². The van der Waals surface area contributed by atoms with Gasteiger partial charge >= 0.3 is 11.8 Å². The lowest BCUT2D eigenvalue weighted by molar-refractivity contribution is -0.393. The quantitative estimate of drug-likeness (QED) is 0.612. The second kappa shape index (κ2) is 8.43. The molecular formula is C16H21N5O6. The summed E-state index contributed by atoms with van der Waals surface area (Å²) in [6, 6.07) is 3.18. The number of likely N-dealkylation sites (tertiary alicyclic amines) is 1. The van der Waals surface area contributed by atoms with Crippen molar-refractivity contribution in [3.05, 3.63) is 38.4 Å². The third-order valence-corrected chi connectivity index (χ3v) is 4.29. The van der Waals surface area contributed by atoms with E-state index in [1.165, 1.54) is 12.1 Å². The molecule has 1 heterocycles. The number of hydrogen-bond donors (Lipinski definition) is 1. The molecule has 1 fully saturated rings. The molecule has 1 aliphatic heterocycles. The smallest absolute Gasteiger partial charge is 0.410 e. The second-order valence-corrected chi connectivity index (χ2v) is 6.24. The first-order valence-electron chi connectivity index (χ1n) is 8.43. The number of nitrogens with one attached hydrogen (secondary N) is 1. The summed E-state index contributed by atoms with van der Waals surface area (Å²) in [5, 5.41) is 26.2. The fourth-order valence-electron chi connectivity index (χ4n) is 2.82. The monoisotopic (exact) mass is 379 g/mol. The number of carbonyl (C=O) groups excluding carboxylic acids is 1. The molecule has 0 aliphatic carbocycles. The van der Waals surface area contributed by atoms with Gasteiger partial charge in [-0.2, -0.15) is 5.10 Å². The van der Waals surface area contributed by atoms with Gasteiger partial charge in [-0.1, -0.05) is 6.92 Å². The van der Waals surface area contributed by atoms with Crippen LogP contribution < -0.4 is 5.43 Å². The van der Waals surface area contributed by atoms with Crippen molar-refractivity contribution in [3.8, 4) is 0 Å². The van der Waals surface area contributed by atoms with Crippen LogP contribution >= 0.6 is 0 Å². The average molecular weight is 379 g/mol. The molecule has 1 aromatic carbocycles. The van der Waals surface area contributed by atoms with Crippen molar-refractivity contribution in [2.45, 2.75) is 33.2 Å². The molecule has 0 radical (unpaired) electrons. The van der Waals surface area contributed by atoms with Crippen molar-refractivity contribution in [2.75, 3.05) is 18.6 Å². The molecule has 11 nitrogen and oxygen atoms in total. The van der Waals surface area contributed by atoms with Gasteiger partial charge in [-0.25, -0.2) is 4.79 Å². The Kier molecular flexibility index (Phi) is 6.27. The molecule has 2 rings (SSSR count). The zero-order valence-electron chi connectivity index (χ0n) is 15.2. The van der Waals surface area contributed by atoms with Gasteiger partial charge in [-0.05, 0) is 19.9 Å². The fourth-order valence-corrected chi connectivity index (χ4v) is 2.82. The molecule has 1 saturated heterocycles. The van der Waals surface area contributed by atoms with Gasteiger partial charge in [-0.15, -0.1) is 0 Å². The van der Waals surface area contributed by atoms with Crippen LogP contribution in [0.15, 0.2) is 23.3 Å². The third-order valence-electron chi connectivity index (χ3n) is 4.29. The van der Waals surface area contributed by atoms with Crippen molar-refractivity contribution in [3.63, 3.8) is 0 Å². The van der Waals surface area contributed by atoms with Crippen molar-refractivity contribution in [1.82, 2.24) is 4.90 Å². The Labute approximate surface area is 155 Å². The van der Waals surface area contributed by atoms with Gasteiger partial charge < -0.3 is 9.64 Å². The minimum absolute atomic E-state index is 0.0609. The largest absolute Gasteiger partial charge is 0.450 e. The number of nitrogens with zero attached hydrogens (tertiary/aromatic N) is 4. The van der Waals surface area contributed by atoms with Gasteiger partial charge in [0.25, 0.3) is 5.69 Å². The first kappa shape index (κ1) is 20.1. The number of ether oxygens (including phenoxy) is 1. The van der Waals surface area contributed by atoms with Crippen LogP contribution in [-0.2, 0) is 4.74 Å². The van der Waals surface area contributed by atoms with E-state index in [0.29, 0.717) is 19.6 Å². The predicted octanol–water partition coefficient (Wildman–Crippen LogP) is 3.16. The molecule has 1 amide bonds. The number of nitro groups is 2. The Hall–Kier alpha value is -3.24. The topological polar surface area (TPSA) is 140 Å². The number of piperidine rings is 1. The average Bonchev–Trinajstić information content (AvgIpc) is 2.61. The zero-order valence-corrected chi connectivity index (χ0v) is 15.2. The summed E-state index contributed by atoms with van der Waals surface area (Å²) in [6.45, 7) is 6.21. The van der Waals surface area contributed by atoms with E-state index in [9.17, 15) is 25.0 Å². The number of rotatable bonds is 5. The number of amides is 1. The summed E-state index contributed by atoms with van der Waals surface area (Å²) in [4.78, 5) is 34.2. The van der Waals surface area contributed by atoms with Crippen LogP contribution in [0.4, 0.5) is 21.9 Å². The Morgan fingerprint density at radius 2 is 2.04 bits per heavy atom. The summed E-state index contributed by atoms with van der Waals surface area (Å²) >= 11 is 0. The third kappa shape index (κ3) is 4.68. The molecule has 11 heteroatoms. The minimum Gasteiger partial charge on any atom is -0.450 e. The summed E-state index contributed by atoms with van der Waals surface area (Å²) in [5.74, 6) is -0.0739. The van der Waals surface area contributed by atoms with Crippen LogP contribution in [0, 0.1) is 26.1 Å². The van der Waals surface area contributed by atoms with Crippen LogP contribution in [0.1, 0.15) is 27.2 Å². The minimum atomic E-state index is -0.703. The highest BCUT2D eigenvalue weighted by atomic mass is 16.6. The number of hydrazone groups is 1. The van der Waals surface area contributed by atoms with Gasteiger partial charge in [0, 0.05) is 36.7 Å². The standard InChI is InChI=1S/C16H21N5O6/c1-4-27-16(22)19-9-10(2)14(7-11(19)3)18-17-13-6-5-12(20(23)24)8-15(13)21(25)26/h5-6,8,10-11,17H,4,7,9H2,1-3H3/b18-14+/t10-,11-/m0/s1. The number of carbonyl (C=O) groups is 1. The number of hydrogen-bond acceptors (Lipinski definition) is 8. The molecule has 0 saturated carbocycles. The molecule has 0 aromatic heterocycles. The molecule has 0 bridgehead atoms. The molecule has 1 aromatic rings. The number of non-ortho nitro benzene ring substituents is 1. The summed E-state index contributed by atoms with van der Waals surface area (Å²) in [7, 11) is 0. The van der Waals surface area contributed by atoms with E-state index in [1.54, 1.807) is 11.8 Å². The van der Waals surface area contributed by atoms with Gasteiger partial charge in [-0.3, -0.25) is 25.7 Å². The van der Waals surface area contributed by atoms with Crippen LogP contribution in [0.25, 0.3) is 0 Å². The van der Waals surface area contributed by atoms with E-state index < -0.39 is 15.5 Å². The fraction of sp³-hybridized carbons (Fsp3) is 0.500. The van der Waals surface area contributed by atoms with Gasteiger partial charge in [0.15, 0.2) is 0 Å². The van der Waals surface area contributed by atoms with E-state index >= 15 is 0 Å². The Morgan fingerprint density at radius 3 is 2.63 bits per heavy atom. The highest BCUT2D eigenvalue weighted by Gasteiger charge is 2.32. The second-order valence-electron chi connectivity index (χ2n) is 6.24. The van der Waals surface area contributed by atoms with Crippen molar-refractivity contribution >= 4 is 28.9 Å². The number of benzene rings is 1. The van der Waals surface area contributed by atoms with Crippen LogP contribution in [0.2, 0.25) is 0 Å². The predicted molar refractivity (Wildman–Crippen MR) is 97.8 cm³/mol. The van der Waals surface area contributed by atoms with Crippen LogP contribution in [-0.4, -0.2) is 45.7 Å². The number of nitro benzene ring substituents is 2.